The van der Waals surface area contributed by atoms with Crippen molar-refractivity contribution in [2.24, 2.45) is 0 Å². The van der Waals surface area contributed by atoms with Crippen LogP contribution in [0.3, 0.4) is 0 Å². The Balaban J connectivity index is 2.37. The van der Waals surface area contributed by atoms with Crippen molar-refractivity contribution in [1.29, 1.82) is 0 Å². The summed E-state index contributed by atoms with van der Waals surface area (Å²) in [4.78, 5) is 0.945. The van der Waals surface area contributed by atoms with Crippen LogP contribution < -0.4 is 4.72 Å². The maximum Gasteiger partial charge on any atom is 0.271 e. The molecule has 3 nitrogen and oxygen atoms in total. The maximum atomic E-state index is 12.1. The Morgan fingerprint density at radius 1 is 1.28 bits per heavy atom. The summed E-state index contributed by atoms with van der Waals surface area (Å²) in [6, 6.07) is 8.37. The van der Waals surface area contributed by atoms with Crippen molar-refractivity contribution in [3.05, 3.63) is 44.7 Å². The van der Waals surface area contributed by atoms with Gasteiger partial charge in [-0.2, -0.15) is 0 Å². The fourth-order valence-corrected chi connectivity index (χ4v) is 4.36. The van der Waals surface area contributed by atoms with Crippen molar-refractivity contribution in [3.63, 3.8) is 0 Å². The third-order valence-electron chi connectivity index (χ3n) is 2.18. The van der Waals surface area contributed by atoms with E-state index in [-0.39, 0.29) is 4.21 Å². The predicted molar refractivity (Wildman–Crippen MR) is 79.0 cm³/mol. The molecule has 1 aromatic carbocycles. The first kappa shape index (κ1) is 13.9. The van der Waals surface area contributed by atoms with Crippen molar-refractivity contribution in [2.45, 2.75) is 11.1 Å². The quantitative estimate of drug-likeness (QED) is 0.881. The summed E-state index contributed by atoms with van der Waals surface area (Å²) >= 11 is 10.4. The lowest BCUT2D eigenvalue weighted by atomic mass is 10.3. The molecule has 0 unspecified atom stereocenters. The molecule has 0 aliphatic rings. The molecule has 0 amide bonds. The molecule has 18 heavy (non-hydrogen) atoms. The lowest BCUT2D eigenvalue weighted by molar-refractivity contribution is 0.603. The van der Waals surface area contributed by atoms with Crippen molar-refractivity contribution in [2.75, 3.05) is 4.72 Å². The van der Waals surface area contributed by atoms with Gasteiger partial charge >= 0.3 is 0 Å². The first-order valence-electron chi connectivity index (χ1n) is 4.93. The van der Waals surface area contributed by atoms with Gasteiger partial charge < -0.3 is 0 Å². The van der Waals surface area contributed by atoms with Crippen LogP contribution in [0.15, 0.2) is 39.0 Å². The molecule has 0 radical (unpaired) electrons. The van der Waals surface area contributed by atoms with Crippen molar-refractivity contribution < 1.29 is 8.42 Å². The Labute approximate surface area is 123 Å². The number of aryl methyl sites for hydroxylation is 1. The van der Waals surface area contributed by atoms with Gasteiger partial charge in [0, 0.05) is 4.88 Å². The van der Waals surface area contributed by atoms with Crippen molar-refractivity contribution in [1.82, 2.24) is 0 Å². The number of rotatable bonds is 3. The zero-order valence-electron chi connectivity index (χ0n) is 9.28. The Morgan fingerprint density at radius 2 is 2.00 bits per heavy atom. The average Bonchev–Trinajstić information content (AvgIpc) is 2.72. The molecule has 1 aromatic heterocycles. The zero-order chi connectivity index (χ0) is 13.3. The number of sulfonamides is 1. The summed E-state index contributed by atoms with van der Waals surface area (Å²) in [6.45, 7) is 1.86. The van der Waals surface area contributed by atoms with Crippen LogP contribution in [0, 0.1) is 6.92 Å². The summed E-state index contributed by atoms with van der Waals surface area (Å²) in [7, 11) is -3.55. The SMILES string of the molecule is Cc1ccc(S(=O)(=O)Nc2cccc(Cl)c2Br)s1. The Hall–Kier alpha value is -0.560. The second-order valence-corrected chi connectivity index (χ2v) is 7.97. The van der Waals surface area contributed by atoms with Gasteiger partial charge in [0.15, 0.2) is 0 Å². The number of benzene rings is 1. The molecular weight excluding hydrogens is 358 g/mol. The van der Waals surface area contributed by atoms with Gasteiger partial charge in [0.05, 0.1) is 15.2 Å². The van der Waals surface area contributed by atoms with E-state index in [1.807, 2.05) is 6.92 Å². The monoisotopic (exact) mass is 365 g/mol. The van der Waals surface area contributed by atoms with Gasteiger partial charge in [0.2, 0.25) is 0 Å². The molecule has 1 heterocycles. The highest BCUT2D eigenvalue weighted by molar-refractivity contribution is 9.10. The fraction of sp³-hybridized carbons (Fsp3) is 0.0909. The molecule has 0 spiro atoms. The highest BCUT2D eigenvalue weighted by Crippen LogP contribution is 2.32. The molecule has 0 atom stereocenters. The van der Waals surface area contributed by atoms with Crippen LogP contribution in [0.5, 0.6) is 0 Å². The lowest BCUT2D eigenvalue weighted by Gasteiger charge is -2.08. The minimum atomic E-state index is -3.55. The molecule has 96 valence electrons. The molecule has 0 aliphatic heterocycles. The van der Waals surface area contributed by atoms with Crippen LogP contribution in [-0.2, 0) is 10.0 Å². The van der Waals surface area contributed by atoms with Gasteiger partial charge in [-0.1, -0.05) is 17.7 Å². The van der Waals surface area contributed by atoms with Crippen LogP contribution >= 0.6 is 38.9 Å². The van der Waals surface area contributed by atoms with Gasteiger partial charge in [-0.25, -0.2) is 8.42 Å². The Bertz CT molecular complexity index is 682. The van der Waals surface area contributed by atoms with Gasteiger partial charge in [0.25, 0.3) is 10.0 Å². The van der Waals surface area contributed by atoms with Gasteiger partial charge in [0.1, 0.15) is 4.21 Å². The summed E-state index contributed by atoms with van der Waals surface area (Å²) in [5, 5.41) is 0.456. The largest absolute Gasteiger partial charge is 0.278 e. The average molecular weight is 367 g/mol. The van der Waals surface area contributed by atoms with Crippen molar-refractivity contribution in [3.8, 4) is 0 Å². The summed E-state index contributed by atoms with van der Waals surface area (Å²) in [6.07, 6.45) is 0. The molecule has 0 aliphatic carbocycles. The fourth-order valence-electron chi connectivity index (χ4n) is 1.33. The van der Waals surface area contributed by atoms with E-state index in [4.69, 9.17) is 11.6 Å². The van der Waals surface area contributed by atoms with Crippen LogP contribution in [-0.4, -0.2) is 8.42 Å². The zero-order valence-corrected chi connectivity index (χ0v) is 13.3. The number of hydrogen-bond acceptors (Lipinski definition) is 3. The topological polar surface area (TPSA) is 46.2 Å². The molecule has 0 saturated carbocycles. The molecule has 0 saturated heterocycles. The Morgan fingerprint density at radius 3 is 2.61 bits per heavy atom. The second kappa shape index (κ2) is 5.21. The van der Waals surface area contributed by atoms with E-state index in [0.29, 0.717) is 15.2 Å². The van der Waals surface area contributed by atoms with E-state index in [1.165, 1.54) is 11.3 Å². The minimum absolute atomic E-state index is 0.284. The standard InChI is InChI=1S/C11H9BrClNO2S2/c1-7-5-6-10(17-7)18(15,16)14-9-4-2-3-8(13)11(9)12/h2-6,14H,1H3. The van der Waals surface area contributed by atoms with Crippen LogP contribution in [0.1, 0.15) is 4.88 Å². The summed E-state index contributed by atoms with van der Waals surface area (Å²) in [5.41, 5.74) is 0.425. The van der Waals surface area contributed by atoms with E-state index in [2.05, 4.69) is 20.7 Å². The molecule has 2 rings (SSSR count). The van der Waals surface area contributed by atoms with Crippen molar-refractivity contribution >= 4 is 54.6 Å². The van der Waals surface area contributed by atoms with E-state index in [1.54, 1.807) is 30.3 Å². The second-order valence-electron chi connectivity index (χ2n) is 3.57. The highest BCUT2D eigenvalue weighted by atomic mass is 79.9. The highest BCUT2D eigenvalue weighted by Gasteiger charge is 2.18. The van der Waals surface area contributed by atoms with Gasteiger partial charge in [-0.05, 0) is 47.1 Å². The summed E-state index contributed by atoms with van der Waals surface area (Å²) < 4.78 is 27.6. The lowest BCUT2D eigenvalue weighted by Crippen LogP contribution is -2.11. The third kappa shape index (κ3) is 2.88. The number of thiophene rings is 1. The number of anilines is 1. The predicted octanol–water partition coefficient (Wildman–Crippen LogP) is 4.27. The van der Waals surface area contributed by atoms with Crippen LogP contribution in [0.4, 0.5) is 5.69 Å². The number of hydrogen-bond donors (Lipinski definition) is 1. The molecule has 2 aromatic rings. The molecule has 0 fully saturated rings. The molecule has 7 heteroatoms. The van der Waals surface area contributed by atoms with Crippen LogP contribution in [0.2, 0.25) is 5.02 Å². The molecule has 0 bridgehead atoms. The number of nitrogens with one attached hydrogen (secondary N) is 1. The van der Waals surface area contributed by atoms with E-state index in [0.717, 1.165) is 4.88 Å². The van der Waals surface area contributed by atoms with Gasteiger partial charge in [-0.15, -0.1) is 11.3 Å². The van der Waals surface area contributed by atoms with E-state index in [9.17, 15) is 8.42 Å². The minimum Gasteiger partial charge on any atom is -0.278 e. The smallest absolute Gasteiger partial charge is 0.271 e. The van der Waals surface area contributed by atoms with E-state index < -0.39 is 10.0 Å². The summed E-state index contributed by atoms with van der Waals surface area (Å²) in [5.74, 6) is 0. The third-order valence-corrected chi connectivity index (χ3v) is 6.43. The Kier molecular flexibility index (Phi) is 4.01. The van der Waals surface area contributed by atoms with Gasteiger partial charge in [-0.3, -0.25) is 4.72 Å². The maximum absolute atomic E-state index is 12.1. The molecular formula is C11H9BrClNO2S2. The van der Waals surface area contributed by atoms with Crippen LogP contribution in [0.25, 0.3) is 0 Å². The normalized spacial score (nSPS) is 11.5. The number of halogens is 2. The first-order valence-corrected chi connectivity index (χ1v) is 8.40. The van der Waals surface area contributed by atoms with E-state index >= 15 is 0 Å². The first-order chi connectivity index (χ1) is 8.40. The molecule has 1 N–H and O–H groups in total.